The van der Waals surface area contributed by atoms with E-state index in [2.05, 4.69) is 20.8 Å². The van der Waals surface area contributed by atoms with E-state index in [1.165, 1.54) is 13.2 Å². The SMILES string of the molecule is COc1cc(OC)c2c(=O)cc(-c3cccc(Br)c3Cl)oc2c1C1CCN(C)C1CO. The Bertz CT molecular complexity index is 1190. The molecule has 2 atom stereocenters. The second-order valence-electron chi connectivity index (χ2n) is 7.60. The summed E-state index contributed by atoms with van der Waals surface area (Å²) in [5.74, 6) is 1.22. The highest BCUT2D eigenvalue weighted by Crippen LogP contribution is 2.45. The zero-order valence-corrected chi connectivity index (χ0v) is 19.8. The van der Waals surface area contributed by atoms with Crippen molar-refractivity contribution in [2.75, 3.05) is 34.4 Å². The van der Waals surface area contributed by atoms with Crippen LogP contribution in [-0.2, 0) is 0 Å². The Hall–Kier alpha value is -2.06. The highest BCUT2D eigenvalue weighted by atomic mass is 79.9. The van der Waals surface area contributed by atoms with Gasteiger partial charge in [-0.05, 0) is 48.1 Å². The van der Waals surface area contributed by atoms with E-state index in [4.69, 9.17) is 25.5 Å². The highest BCUT2D eigenvalue weighted by Gasteiger charge is 2.37. The summed E-state index contributed by atoms with van der Waals surface area (Å²) >= 11 is 9.91. The van der Waals surface area contributed by atoms with Gasteiger partial charge in [0.2, 0.25) is 0 Å². The Morgan fingerprint density at radius 1 is 1.26 bits per heavy atom. The number of aliphatic hydroxyl groups excluding tert-OH is 1. The molecule has 1 N–H and O–H groups in total. The molecule has 0 radical (unpaired) electrons. The van der Waals surface area contributed by atoms with Gasteiger partial charge in [-0.3, -0.25) is 4.79 Å². The van der Waals surface area contributed by atoms with Crippen molar-refractivity contribution in [2.24, 2.45) is 0 Å². The van der Waals surface area contributed by atoms with Crippen molar-refractivity contribution >= 4 is 38.5 Å². The molecule has 0 spiro atoms. The molecule has 31 heavy (non-hydrogen) atoms. The maximum Gasteiger partial charge on any atom is 0.197 e. The van der Waals surface area contributed by atoms with Crippen LogP contribution in [0.3, 0.4) is 0 Å². The van der Waals surface area contributed by atoms with Crippen LogP contribution in [0.1, 0.15) is 17.9 Å². The van der Waals surface area contributed by atoms with Crippen LogP contribution >= 0.6 is 27.5 Å². The van der Waals surface area contributed by atoms with E-state index in [9.17, 15) is 9.90 Å². The number of methoxy groups -OCH3 is 2. The van der Waals surface area contributed by atoms with Gasteiger partial charge < -0.3 is 23.9 Å². The van der Waals surface area contributed by atoms with Crippen LogP contribution in [0, 0.1) is 0 Å². The summed E-state index contributed by atoms with van der Waals surface area (Å²) in [7, 11) is 5.05. The topological polar surface area (TPSA) is 72.1 Å². The molecule has 1 fully saturated rings. The zero-order chi connectivity index (χ0) is 22.3. The van der Waals surface area contributed by atoms with Crippen LogP contribution in [0.5, 0.6) is 11.5 Å². The summed E-state index contributed by atoms with van der Waals surface area (Å²) in [6.07, 6.45) is 0.797. The third kappa shape index (κ3) is 3.74. The van der Waals surface area contributed by atoms with Crippen molar-refractivity contribution in [2.45, 2.75) is 18.4 Å². The lowest BCUT2D eigenvalue weighted by Crippen LogP contribution is -2.32. The van der Waals surface area contributed by atoms with E-state index < -0.39 is 0 Å². The molecule has 4 rings (SSSR count). The minimum absolute atomic E-state index is 0.0147. The summed E-state index contributed by atoms with van der Waals surface area (Å²) in [6.45, 7) is 0.799. The Balaban J connectivity index is 2.07. The van der Waals surface area contributed by atoms with Crippen molar-refractivity contribution in [3.63, 3.8) is 0 Å². The molecule has 8 heteroatoms. The maximum atomic E-state index is 13.2. The van der Waals surface area contributed by atoms with Crippen molar-refractivity contribution < 1.29 is 19.0 Å². The average molecular weight is 509 g/mol. The van der Waals surface area contributed by atoms with E-state index >= 15 is 0 Å². The molecule has 1 aliphatic heterocycles. The average Bonchev–Trinajstić information content (AvgIpc) is 3.13. The van der Waals surface area contributed by atoms with E-state index in [0.29, 0.717) is 43.3 Å². The number of rotatable bonds is 5. The van der Waals surface area contributed by atoms with Crippen molar-refractivity contribution in [3.8, 4) is 22.8 Å². The van der Waals surface area contributed by atoms with Gasteiger partial charge in [-0.15, -0.1) is 0 Å². The lowest BCUT2D eigenvalue weighted by Gasteiger charge is -2.25. The Morgan fingerprint density at radius 3 is 2.68 bits per heavy atom. The third-order valence-electron chi connectivity index (χ3n) is 6.00. The fraction of sp³-hybridized carbons (Fsp3) is 0.348. The van der Waals surface area contributed by atoms with Gasteiger partial charge in [0.25, 0.3) is 0 Å². The van der Waals surface area contributed by atoms with E-state index in [0.717, 1.165) is 18.5 Å². The van der Waals surface area contributed by atoms with Gasteiger partial charge in [0.1, 0.15) is 28.2 Å². The standard InChI is InChI=1S/C23H23BrClNO5/c1-26-8-7-12(15(26)11-27)20-18(29-2)10-19(30-3)21-16(28)9-17(31-23(20)21)13-5-4-6-14(24)22(13)25/h4-6,9-10,12,15,27H,7-8,11H2,1-3H3. The largest absolute Gasteiger partial charge is 0.496 e. The molecular formula is C23H23BrClNO5. The van der Waals surface area contributed by atoms with Crippen LogP contribution in [0.15, 0.2) is 44.0 Å². The second-order valence-corrected chi connectivity index (χ2v) is 8.83. The number of hydrogen-bond donors (Lipinski definition) is 1. The number of likely N-dealkylation sites (N-methyl/N-ethyl adjacent to an activating group) is 1. The van der Waals surface area contributed by atoms with Crippen molar-refractivity contribution in [1.82, 2.24) is 4.90 Å². The first-order valence-corrected chi connectivity index (χ1v) is 11.1. The molecular weight excluding hydrogens is 486 g/mol. The van der Waals surface area contributed by atoms with E-state index in [1.807, 2.05) is 19.2 Å². The molecule has 6 nitrogen and oxygen atoms in total. The lowest BCUT2D eigenvalue weighted by molar-refractivity contribution is 0.171. The number of hydrogen-bond acceptors (Lipinski definition) is 6. The normalized spacial score (nSPS) is 19.2. The molecule has 3 aromatic rings. The number of likely N-dealkylation sites (tertiary alicyclic amines) is 1. The van der Waals surface area contributed by atoms with Gasteiger partial charge in [0.05, 0.1) is 25.8 Å². The van der Waals surface area contributed by atoms with Gasteiger partial charge in [-0.25, -0.2) is 0 Å². The fourth-order valence-corrected chi connectivity index (χ4v) is 5.00. The molecule has 2 heterocycles. The highest BCUT2D eigenvalue weighted by molar-refractivity contribution is 9.10. The molecule has 0 amide bonds. The third-order valence-corrected chi connectivity index (χ3v) is 7.30. The first kappa shape index (κ1) is 22.1. The molecule has 164 valence electrons. The van der Waals surface area contributed by atoms with E-state index in [-0.39, 0.29) is 24.0 Å². The second kappa shape index (κ2) is 8.82. The first-order chi connectivity index (χ1) is 14.9. The predicted molar refractivity (Wildman–Crippen MR) is 125 cm³/mol. The Labute approximate surface area is 193 Å². The summed E-state index contributed by atoms with van der Waals surface area (Å²) < 4.78 is 18.2. The van der Waals surface area contributed by atoms with Gasteiger partial charge in [0, 0.05) is 39.7 Å². The molecule has 1 aliphatic rings. The van der Waals surface area contributed by atoms with Gasteiger partial charge in [-0.2, -0.15) is 0 Å². The molecule has 1 saturated heterocycles. The summed E-state index contributed by atoms with van der Waals surface area (Å²) in [4.78, 5) is 15.3. The van der Waals surface area contributed by atoms with Crippen LogP contribution in [0.4, 0.5) is 0 Å². The number of halogens is 2. The molecule has 2 aromatic carbocycles. The Kier molecular flexibility index (Phi) is 6.30. The van der Waals surface area contributed by atoms with Gasteiger partial charge in [-0.1, -0.05) is 17.7 Å². The monoisotopic (exact) mass is 507 g/mol. The maximum absolute atomic E-state index is 13.2. The minimum atomic E-state index is -0.236. The minimum Gasteiger partial charge on any atom is -0.496 e. The van der Waals surface area contributed by atoms with Crippen LogP contribution in [0.25, 0.3) is 22.3 Å². The zero-order valence-electron chi connectivity index (χ0n) is 17.4. The lowest BCUT2D eigenvalue weighted by atomic mass is 9.89. The number of nitrogens with zero attached hydrogens (tertiary/aromatic N) is 1. The summed E-state index contributed by atoms with van der Waals surface area (Å²) in [5.41, 5.74) is 1.52. The van der Waals surface area contributed by atoms with Gasteiger partial charge >= 0.3 is 0 Å². The smallest absolute Gasteiger partial charge is 0.197 e. The molecule has 0 bridgehead atoms. The van der Waals surface area contributed by atoms with Gasteiger partial charge in [0.15, 0.2) is 5.43 Å². The fourth-order valence-electron chi connectivity index (χ4n) is 4.42. The number of fused-ring (bicyclic) bond motifs is 1. The number of ether oxygens (including phenoxy) is 2. The predicted octanol–water partition coefficient (Wildman–Crippen LogP) is 4.67. The molecule has 0 saturated carbocycles. The van der Waals surface area contributed by atoms with Crippen LogP contribution in [-0.4, -0.2) is 50.5 Å². The van der Waals surface area contributed by atoms with Crippen molar-refractivity contribution in [3.05, 3.63) is 55.6 Å². The molecule has 1 aromatic heterocycles. The van der Waals surface area contributed by atoms with Crippen molar-refractivity contribution in [1.29, 1.82) is 0 Å². The summed E-state index contributed by atoms with van der Waals surface area (Å²) in [6, 6.07) is 8.48. The quantitative estimate of drug-likeness (QED) is 0.540. The number of aliphatic hydroxyl groups is 1. The molecule has 0 aliphatic carbocycles. The Morgan fingerprint density at radius 2 is 2.00 bits per heavy atom. The van der Waals surface area contributed by atoms with Crippen LogP contribution < -0.4 is 14.9 Å². The summed E-state index contributed by atoms with van der Waals surface area (Å²) in [5, 5.41) is 10.8. The molecule has 2 unspecified atom stereocenters. The van der Waals surface area contributed by atoms with E-state index in [1.54, 1.807) is 19.2 Å². The first-order valence-electron chi connectivity index (χ1n) is 9.89. The van der Waals surface area contributed by atoms with Crippen LogP contribution in [0.2, 0.25) is 5.02 Å². The number of benzene rings is 2.